The van der Waals surface area contributed by atoms with Gasteiger partial charge in [-0.2, -0.15) is 5.26 Å². The second-order valence-electron chi connectivity index (χ2n) is 8.50. The number of carbonyl (C=O) groups is 1. The van der Waals surface area contributed by atoms with Gasteiger partial charge in [0, 0.05) is 24.8 Å². The number of nitriles is 1. The molecule has 0 atom stereocenters. The van der Waals surface area contributed by atoms with E-state index in [1.54, 1.807) is 6.07 Å². The van der Waals surface area contributed by atoms with Crippen LogP contribution in [-0.2, 0) is 0 Å². The molecule has 1 aliphatic rings. The van der Waals surface area contributed by atoms with Crippen molar-refractivity contribution in [1.29, 1.82) is 5.26 Å². The lowest BCUT2D eigenvalue weighted by atomic mass is 10.0. The van der Waals surface area contributed by atoms with E-state index in [2.05, 4.69) is 48.3 Å². The number of nitrogens with zero attached hydrogens (tertiary/aromatic N) is 2. The molecule has 34 heavy (non-hydrogen) atoms. The van der Waals surface area contributed by atoms with E-state index in [0.29, 0.717) is 22.9 Å². The van der Waals surface area contributed by atoms with Crippen LogP contribution < -0.4 is 15.0 Å². The van der Waals surface area contributed by atoms with Crippen LogP contribution in [0.15, 0.2) is 54.6 Å². The lowest BCUT2D eigenvalue weighted by Crippen LogP contribution is -2.25. The van der Waals surface area contributed by atoms with Crippen LogP contribution in [0.2, 0.25) is 0 Å². The number of aromatic carboxylic acids is 1. The van der Waals surface area contributed by atoms with Gasteiger partial charge >= 0.3 is 5.97 Å². The number of hydrogen-bond acceptors (Lipinski definition) is 5. The van der Waals surface area contributed by atoms with Gasteiger partial charge in [0.25, 0.3) is 0 Å². The summed E-state index contributed by atoms with van der Waals surface area (Å²) >= 11 is 0. The lowest BCUT2D eigenvalue weighted by molar-refractivity contribution is 0.0697. The molecule has 174 valence electrons. The van der Waals surface area contributed by atoms with Crippen molar-refractivity contribution in [3.05, 3.63) is 65.7 Å². The minimum atomic E-state index is -1.11. The summed E-state index contributed by atoms with van der Waals surface area (Å²) in [6.45, 7) is 6.51. The maximum Gasteiger partial charge on any atom is 0.338 e. The highest BCUT2D eigenvalue weighted by molar-refractivity contribution is 5.99. The van der Waals surface area contributed by atoms with Crippen LogP contribution >= 0.6 is 0 Å². The van der Waals surface area contributed by atoms with Crippen LogP contribution in [0.25, 0.3) is 11.1 Å². The van der Waals surface area contributed by atoms with Crippen molar-refractivity contribution in [3.63, 3.8) is 0 Å². The number of ether oxygens (including phenoxy) is 1. The highest BCUT2D eigenvalue weighted by atomic mass is 16.5. The molecule has 2 N–H and O–H groups in total. The first-order valence-corrected chi connectivity index (χ1v) is 11.8. The van der Waals surface area contributed by atoms with E-state index < -0.39 is 5.97 Å². The zero-order valence-electron chi connectivity index (χ0n) is 19.6. The van der Waals surface area contributed by atoms with Gasteiger partial charge in [0.05, 0.1) is 28.6 Å². The van der Waals surface area contributed by atoms with Crippen molar-refractivity contribution < 1.29 is 14.6 Å². The first-order valence-electron chi connectivity index (χ1n) is 11.8. The molecule has 3 aromatic carbocycles. The summed E-state index contributed by atoms with van der Waals surface area (Å²) in [7, 11) is 0. The van der Waals surface area contributed by atoms with Crippen LogP contribution in [0, 0.1) is 11.3 Å². The fraction of sp³-hybridized carbons (Fsp3) is 0.286. The van der Waals surface area contributed by atoms with Crippen molar-refractivity contribution in [2.24, 2.45) is 0 Å². The highest BCUT2D eigenvalue weighted by Gasteiger charge is 2.24. The third-order valence-electron chi connectivity index (χ3n) is 6.03. The molecule has 0 saturated carbocycles. The monoisotopic (exact) mass is 455 g/mol. The topological polar surface area (TPSA) is 85.6 Å². The fourth-order valence-electron chi connectivity index (χ4n) is 4.16. The Morgan fingerprint density at radius 3 is 2.41 bits per heavy atom. The van der Waals surface area contributed by atoms with E-state index in [0.717, 1.165) is 49.9 Å². The molecule has 6 nitrogen and oxygen atoms in total. The first kappa shape index (κ1) is 23.2. The number of benzene rings is 3. The van der Waals surface area contributed by atoms with Crippen LogP contribution in [-0.4, -0.2) is 24.2 Å². The molecular weight excluding hydrogens is 426 g/mol. The number of unbranched alkanes of at least 4 members (excludes halogenated alkanes) is 2. The molecule has 0 fully saturated rings. The quantitative estimate of drug-likeness (QED) is 0.278. The van der Waals surface area contributed by atoms with Gasteiger partial charge in [0.1, 0.15) is 0 Å². The smallest absolute Gasteiger partial charge is 0.338 e. The molecule has 0 radical (unpaired) electrons. The number of fused-ring (bicyclic) bond motifs is 2. The van der Waals surface area contributed by atoms with Gasteiger partial charge in [-0.3, -0.25) is 0 Å². The molecule has 0 unspecified atom stereocenters. The number of anilines is 3. The standard InChI is InChI=1S/C28H29N3O3/c1-3-5-12-31(13-6-4-2)22-9-7-8-20(16-22)21-10-11-25-24(17-21)30-27-23(28(32)33)14-19(18-29)15-26(27)34-25/h7-11,14-17,30H,3-6,12-13H2,1-2H3,(H,32,33). The van der Waals surface area contributed by atoms with E-state index in [-0.39, 0.29) is 11.1 Å². The third-order valence-corrected chi connectivity index (χ3v) is 6.03. The normalized spacial score (nSPS) is 11.4. The van der Waals surface area contributed by atoms with Gasteiger partial charge < -0.3 is 20.1 Å². The Balaban J connectivity index is 1.66. The minimum Gasteiger partial charge on any atom is -0.478 e. The Kier molecular flexibility index (Phi) is 7.03. The summed E-state index contributed by atoms with van der Waals surface area (Å²) in [6.07, 6.45) is 4.64. The van der Waals surface area contributed by atoms with E-state index in [4.69, 9.17) is 4.74 Å². The SMILES string of the molecule is CCCCN(CCCC)c1cccc(-c2ccc3c(c2)Nc2c(cc(C#N)cc2C(=O)O)O3)c1. The number of carboxylic acid groups (broad SMARTS) is 1. The molecule has 0 aromatic heterocycles. The van der Waals surface area contributed by atoms with Crippen LogP contribution in [0.1, 0.15) is 55.5 Å². The number of hydrogen-bond donors (Lipinski definition) is 2. The second kappa shape index (κ2) is 10.3. The molecule has 6 heteroatoms. The first-order chi connectivity index (χ1) is 16.5. The molecule has 0 aliphatic carbocycles. The van der Waals surface area contributed by atoms with E-state index >= 15 is 0 Å². The predicted molar refractivity (Wildman–Crippen MR) is 135 cm³/mol. The predicted octanol–water partition coefficient (Wildman–Crippen LogP) is 7.18. The van der Waals surface area contributed by atoms with Gasteiger partial charge in [0.15, 0.2) is 11.5 Å². The van der Waals surface area contributed by atoms with Gasteiger partial charge in [-0.25, -0.2) is 4.79 Å². The zero-order chi connectivity index (χ0) is 24.1. The molecule has 0 saturated heterocycles. The van der Waals surface area contributed by atoms with Crippen LogP contribution in [0.3, 0.4) is 0 Å². The van der Waals surface area contributed by atoms with Crippen molar-refractivity contribution in [1.82, 2.24) is 0 Å². The Hall–Kier alpha value is -3.98. The average molecular weight is 456 g/mol. The summed E-state index contributed by atoms with van der Waals surface area (Å²) in [5, 5.41) is 22.1. The maximum atomic E-state index is 11.8. The molecule has 4 rings (SSSR count). The molecular formula is C28H29N3O3. The number of nitrogens with one attached hydrogen (secondary N) is 1. The number of carboxylic acids is 1. The Bertz CT molecular complexity index is 1240. The van der Waals surface area contributed by atoms with Gasteiger partial charge in [0.2, 0.25) is 0 Å². The largest absolute Gasteiger partial charge is 0.478 e. The van der Waals surface area contributed by atoms with E-state index in [1.807, 2.05) is 24.3 Å². The van der Waals surface area contributed by atoms with Crippen molar-refractivity contribution in [3.8, 4) is 28.7 Å². The molecule has 1 heterocycles. The Labute approximate surface area is 200 Å². The minimum absolute atomic E-state index is 0.00888. The van der Waals surface area contributed by atoms with Crippen LogP contribution in [0.5, 0.6) is 11.5 Å². The van der Waals surface area contributed by atoms with Crippen molar-refractivity contribution >= 4 is 23.0 Å². The molecule has 0 bridgehead atoms. The molecule has 0 amide bonds. The molecule has 0 spiro atoms. The second-order valence-corrected chi connectivity index (χ2v) is 8.50. The van der Waals surface area contributed by atoms with Gasteiger partial charge in [-0.15, -0.1) is 0 Å². The maximum absolute atomic E-state index is 11.8. The Morgan fingerprint density at radius 1 is 1.00 bits per heavy atom. The van der Waals surface area contributed by atoms with Gasteiger partial charge in [-0.05, 0) is 54.3 Å². The fourth-order valence-corrected chi connectivity index (χ4v) is 4.16. The summed E-state index contributed by atoms with van der Waals surface area (Å²) in [5.74, 6) is -0.191. The summed E-state index contributed by atoms with van der Waals surface area (Å²) in [6, 6.07) is 19.3. The molecule has 3 aromatic rings. The Morgan fingerprint density at radius 2 is 1.74 bits per heavy atom. The number of rotatable bonds is 9. The van der Waals surface area contributed by atoms with Crippen molar-refractivity contribution in [2.75, 3.05) is 23.3 Å². The van der Waals surface area contributed by atoms with Gasteiger partial charge in [-0.1, -0.05) is 44.9 Å². The lowest BCUT2D eigenvalue weighted by Gasteiger charge is -2.26. The van der Waals surface area contributed by atoms with Crippen molar-refractivity contribution in [2.45, 2.75) is 39.5 Å². The van der Waals surface area contributed by atoms with Crippen LogP contribution in [0.4, 0.5) is 17.1 Å². The average Bonchev–Trinajstić information content (AvgIpc) is 2.86. The third kappa shape index (κ3) is 4.84. The summed E-state index contributed by atoms with van der Waals surface area (Å²) in [4.78, 5) is 14.2. The summed E-state index contributed by atoms with van der Waals surface area (Å²) < 4.78 is 5.97. The molecule has 1 aliphatic heterocycles. The zero-order valence-corrected chi connectivity index (χ0v) is 19.6. The highest BCUT2D eigenvalue weighted by Crippen LogP contribution is 2.45. The van der Waals surface area contributed by atoms with E-state index in [1.165, 1.54) is 11.8 Å². The van der Waals surface area contributed by atoms with E-state index in [9.17, 15) is 15.2 Å². The summed E-state index contributed by atoms with van der Waals surface area (Å²) in [5.41, 5.74) is 4.61.